The Morgan fingerprint density at radius 1 is 1.16 bits per heavy atom. The van der Waals surface area contributed by atoms with E-state index in [-0.39, 0.29) is 11.7 Å². The van der Waals surface area contributed by atoms with Gasteiger partial charge in [0.2, 0.25) is 5.89 Å². The van der Waals surface area contributed by atoms with Gasteiger partial charge in [0.15, 0.2) is 0 Å². The summed E-state index contributed by atoms with van der Waals surface area (Å²) in [7, 11) is 0. The minimum absolute atomic E-state index is 0.0956. The number of rotatable bonds is 6. The van der Waals surface area contributed by atoms with Crippen LogP contribution in [0.3, 0.4) is 0 Å². The van der Waals surface area contributed by atoms with Gasteiger partial charge >= 0.3 is 6.01 Å². The molecule has 1 aromatic heterocycles. The molecule has 2 N–H and O–H groups in total. The molecule has 0 saturated carbocycles. The average molecular weight is 268 g/mol. The summed E-state index contributed by atoms with van der Waals surface area (Å²) in [6.45, 7) is 3.35. The van der Waals surface area contributed by atoms with E-state index in [1.807, 2.05) is 6.92 Å². The zero-order chi connectivity index (χ0) is 13.7. The highest BCUT2D eigenvalue weighted by atomic mass is 19.1. The summed E-state index contributed by atoms with van der Waals surface area (Å²) in [6.07, 6.45) is 1.00. The first-order valence-electron chi connectivity index (χ1n) is 5.93. The van der Waals surface area contributed by atoms with Crippen molar-refractivity contribution in [2.75, 3.05) is 11.9 Å². The summed E-state index contributed by atoms with van der Waals surface area (Å²) in [5, 5.41) is 13.3. The number of halogens is 2. The van der Waals surface area contributed by atoms with E-state index in [9.17, 15) is 8.78 Å². The Bertz CT molecular complexity index is 524. The number of anilines is 2. The van der Waals surface area contributed by atoms with Gasteiger partial charge in [0.25, 0.3) is 0 Å². The van der Waals surface area contributed by atoms with Crippen LogP contribution in [0.2, 0.25) is 0 Å². The molecule has 102 valence electrons. The van der Waals surface area contributed by atoms with Crippen LogP contribution in [-0.4, -0.2) is 16.7 Å². The smallest absolute Gasteiger partial charge is 0.320 e. The van der Waals surface area contributed by atoms with E-state index in [0.29, 0.717) is 12.4 Å². The monoisotopic (exact) mass is 268 g/mol. The molecule has 0 atom stereocenters. The van der Waals surface area contributed by atoms with Crippen molar-refractivity contribution in [3.8, 4) is 0 Å². The Labute approximate surface area is 109 Å². The molecule has 0 amide bonds. The molecule has 0 spiro atoms. The second-order valence-corrected chi connectivity index (χ2v) is 3.96. The predicted octanol–water partition coefficient (Wildman–Crippen LogP) is 2.59. The Morgan fingerprint density at radius 3 is 2.58 bits per heavy atom. The maximum absolute atomic E-state index is 13.0. The van der Waals surface area contributed by atoms with Gasteiger partial charge in [-0.1, -0.05) is 12.0 Å². The Kier molecular flexibility index (Phi) is 4.40. The minimum Gasteiger partial charge on any atom is -0.406 e. The molecular weight excluding hydrogens is 254 g/mol. The van der Waals surface area contributed by atoms with Gasteiger partial charge < -0.3 is 15.1 Å². The third-order valence-corrected chi connectivity index (χ3v) is 2.28. The summed E-state index contributed by atoms with van der Waals surface area (Å²) in [5.41, 5.74) is 0.217. The molecule has 0 unspecified atom stereocenters. The van der Waals surface area contributed by atoms with Crippen LogP contribution in [0.25, 0.3) is 0 Å². The van der Waals surface area contributed by atoms with E-state index in [4.69, 9.17) is 4.42 Å². The zero-order valence-corrected chi connectivity index (χ0v) is 10.4. The fraction of sp³-hybridized carbons (Fsp3) is 0.333. The summed E-state index contributed by atoms with van der Waals surface area (Å²) in [5.74, 6) is -0.938. The van der Waals surface area contributed by atoms with Crippen molar-refractivity contribution in [2.24, 2.45) is 0 Å². The van der Waals surface area contributed by atoms with Gasteiger partial charge in [-0.25, -0.2) is 8.78 Å². The van der Waals surface area contributed by atoms with Crippen LogP contribution in [0.5, 0.6) is 0 Å². The van der Waals surface area contributed by atoms with Crippen LogP contribution in [0.15, 0.2) is 22.6 Å². The lowest BCUT2D eigenvalue weighted by Gasteiger charge is -2.01. The van der Waals surface area contributed by atoms with Gasteiger partial charge in [0.1, 0.15) is 11.6 Å². The molecular formula is C12H14F2N4O. The van der Waals surface area contributed by atoms with E-state index < -0.39 is 11.6 Å². The first-order chi connectivity index (χ1) is 9.17. The predicted molar refractivity (Wildman–Crippen MR) is 65.9 cm³/mol. The summed E-state index contributed by atoms with van der Waals surface area (Å²) >= 11 is 0. The van der Waals surface area contributed by atoms with Gasteiger partial charge in [0, 0.05) is 11.8 Å². The van der Waals surface area contributed by atoms with Gasteiger partial charge in [-0.05, 0) is 25.1 Å². The van der Waals surface area contributed by atoms with Gasteiger partial charge in [-0.2, -0.15) is 0 Å². The van der Waals surface area contributed by atoms with E-state index >= 15 is 0 Å². The maximum Gasteiger partial charge on any atom is 0.320 e. The van der Waals surface area contributed by atoms with Crippen molar-refractivity contribution in [1.29, 1.82) is 0 Å². The zero-order valence-electron chi connectivity index (χ0n) is 10.4. The lowest BCUT2D eigenvalue weighted by atomic mass is 10.3. The SMILES string of the molecule is CCCNCc1nnc(Nc2cc(F)cc(F)c2)o1. The molecule has 0 aliphatic rings. The van der Waals surface area contributed by atoms with E-state index in [1.165, 1.54) is 0 Å². The van der Waals surface area contributed by atoms with Gasteiger partial charge in [0.05, 0.1) is 6.54 Å². The van der Waals surface area contributed by atoms with Crippen molar-refractivity contribution < 1.29 is 13.2 Å². The Hall–Kier alpha value is -2.02. The standard InChI is InChI=1S/C12H14F2N4O/c1-2-3-15-7-11-17-18-12(19-11)16-10-5-8(13)4-9(14)6-10/h4-6,15H,2-3,7H2,1H3,(H,16,18). The van der Waals surface area contributed by atoms with E-state index in [1.54, 1.807) is 0 Å². The molecule has 7 heteroatoms. The summed E-state index contributed by atoms with van der Waals surface area (Å²) in [4.78, 5) is 0. The van der Waals surface area contributed by atoms with E-state index in [2.05, 4.69) is 20.8 Å². The molecule has 0 fully saturated rings. The number of nitrogens with zero attached hydrogens (tertiary/aromatic N) is 2. The summed E-state index contributed by atoms with van der Waals surface area (Å²) in [6, 6.07) is 3.17. The molecule has 0 saturated heterocycles. The first-order valence-corrected chi connectivity index (χ1v) is 5.93. The van der Waals surface area contributed by atoms with E-state index in [0.717, 1.165) is 31.2 Å². The number of hydrogen-bond donors (Lipinski definition) is 2. The molecule has 2 aromatic rings. The second-order valence-electron chi connectivity index (χ2n) is 3.96. The maximum atomic E-state index is 13.0. The van der Waals surface area contributed by atoms with Crippen molar-refractivity contribution in [3.05, 3.63) is 35.7 Å². The van der Waals surface area contributed by atoms with Crippen LogP contribution in [0.1, 0.15) is 19.2 Å². The molecule has 5 nitrogen and oxygen atoms in total. The Morgan fingerprint density at radius 2 is 1.89 bits per heavy atom. The fourth-order valence-electron chi connectivity index (χ4n) is 1.50. The highest BCUT2D eigenvalue weighted by Gasteiger charge is 2.07. The first kappa shape index (κ1) is 13.4. The molecule has 0 aliphatic heterocycles. The van der Waals surface area contributed by atoms with Gasteiger partial charge in [-0.3, -0.25) is 0 Å². The number of hydrogen-bond acceptors (Lipinski definition) is 5. The van der Waals surface area contributed by atoms with Crippen LogP contribution in [-0.2, 0) is 6.54 Å². The fourth-order valence-corrected chi connectivity index (χ4v) is 1.50. The number of aromatic nitrogens is 2. The van der Waals surface area contributed by atoms with Crippen LogP contribution < -0.4 is 10.6 Å². The van der Waals surface area contributed by atoms with Crippen molar-refractivity contribution in [3.63, 3.8) is 0 Å². The topological polar surface area (TPSA) is 63.0 Å². The summed E-state index contributed by atoms with van der Waals surface area (Å²) < 4.78 is 31.2. The molecule has 19 heavy (non-hydrogen) atoms. The number of benzene rings is 1. The van der Waals surface area contributed by atoms with Crippen molar-refractivity contribution in [2.45, 2.75) is 19.9 Å². The molecule has 0 radical (unpaired) electrons. The van der Waals surface area contributed by atoms with Crippen LogP contribution >= 0.6 is 0 Å². The Balaban J connectivity index is 1.99. The molecule has 1 aromatic carbocycles. The highest BCUT2D eigenvalue weighted by Crippen LogP contribution is 2.17. The normalized spacial score (nSPS) is 10.7. The van der Waals surface area contributed by atoms with Gasteiger partial charge in [-0.15, -0.1) is 5.10 Å². The van der Waals surface area contributed by atoms with Crippen LogP contribution in [0.4, 0.5) is 20.5 Å². The number of nitrogens with one attached hydrogen (secondary N) is 2. The lowest BCUT2D eigenvalue weighted by molar-refractivity contribution is 0.479. The third kappa shape index (κ3) is 3.99. The molecule has 0 bridgehead atoms. The third-order valence-electron chi connectivity index (χ3n) is 2.28. The average Bonchev–Trinajstić information content (AvgIpc) is 2.76. The van der Waals surface area contributed by atoms with Crippen molar-refractivity contribution in [1.82, 2.24) is 15.5 Å². The highest BCUT2D eigenvalue weighted by molar-refractivity contribution is 5.51. The lowest BCUT2D eigenvalue weighted by Crippen LogP contribution is -2.13. The molecule has 1 heterocycles. The van der Waals surface area contributed by atoms with Crippen molar-refractivity contribution >= 4 is 11.7 Å². The largest absolute Gasteiger partial charge is 0.406 e. The minimum atomic E-state index is -0.674. The quantitative estimate of drug-likeness (QED) is 0.788. The molecule has 2 rings (SSSR count). The van der Waals surface area contributed by atoms with Crippen LogP contribution in [0, 0.1) is 11.6 Å². The second kappa shape index (κ2) is 6.24. The molecule has 0 aliphatic carbocycles.